The molecular formula is C17H25NO2. The molecule has 0 bridgehead atoms. The molecule has 1 fully saturated rings. The minimum Gasteiger partial charge on any atom is -0.486 e. The largest absolute Gasteiger partial charge is 0.486 e. The topological polar surface area (TPSA) is 30.5 Å². The lowest BCUT2D eigenvalue weighted by molar-refractivity contribution is 0.170. The predicted molar refractivity (Wildman–Crippen MR) is 80.4 cm³/mol. The van der Waals surface area contributed by atoms with Crippen LogP contribution in [-0.4, -0.2) is 20.3 Å². The third-order valence-electron chi connectivity index (χ3n) is 4.68. The molecule has 20 heavy (non-hydrogen) atoms. The first kappa shape index (κ1) is 13.7. The highest BCUT2D eigenvalue weighted by Gasteiger charge is 2.27. The van der Waals surface area contributed by atoms with Crippen molar-refractivity contribution in [2.75, 3.05) is 20.3 Å². The van der Waals surface area contributed by atoms with Gasteiger partial charge in [-0.1, -0.05) is 25.8 Å². The molecule has 1 aliphatic carbocycles. The van der Waals surface area contributed by atoms with Crippen molar-refractivity contribution in [1.82, 2.24) is 5.32 Å². The van der Waals surface area contributed by atoms with E-state index in [1.807, 2.05) is 0 Å². The minimum atomic E-state index is 0.425. The summed E-state index contributed by atoms with van der Waals surface area (Å²) in [6.07, 6.45) is 5.38. The second-order valence-corrected chi connectivity index (χ2v) is 6.20. The van der Waals surface area contributed by atoms with Gasteiger partial charge in [-0.05, 0) is 49.4 Å². The van der Waals surface area contributed by atoms with Gasteiger partial charge in [-0.15, -0.1) is 0 Å². The average molecular weight is 275 g/mol. The number of fused-ring (bicyclic) bond motifs is 1. The van der Waals surface area contributed by atoms with Crippen molar-refractivity contribution in [2.45, 2.75) is 38.6 Å². The molecule has 1 aliphatic heterocycles. The Balaban J connectivity index is 1.81. The molecule has 3 unspecified atom stereocenters. The molecule has 3 atom stereocenters. The maximum atomic E-state index is 5.71. The zero-order chi connectivity index (χ0) is 13.9. The number of nitrogens with one attached hydrogen (secondary N) is 1. The van der Waals surface area contributed by atoms with E-state index < -0.39 is 0 Å². The molecular weight excluding hydrogens is 250 g/mol. The lowest BCUT2D eigenvalue weighted by atomic mass is 9.76. The molecule has 2 aliphatic rings. The third kappa shape index (κ3) is 2.78. The summed E-state index contributed by atoms with van der Waals surface area (Å²) in [5.41, 5.74) is 1.33. The number of hydrogen-bond acceptors (Lipinski definition) is 3. The Morgan fingerprint density at radius 1 is 1.15 bits per heavy atom. The van der Waals surface area contributed by atoms with Crippen LogP contribution in [0.5, 0.6) is 11.5 Å². The van der Waals surface area contributed by atoms with E-state index in [1.165, 1.54) is 31.2 Å². The highest BCUT2D eigenvalue weighted by Crippen LogP contribution is 2.39. The third-order valence-corrected chi connectivity index (χ3v) is 4.68. The molecule has 1 N–H and O–H groups in total. The van der Waals surface area contributed by atoms with E-state index >= 15 is 0 Å². The number of ether oxygens (including phenoxy) is 2. The van der Waals surface area contributed by atoms with Crippen molar-refractivity contribution < 1.29 is 9.47 Å². The SMILES string of the molecule is CNC(c1ccc2c(c1)OCCO2)C1CCCC(C)C1. The smallest absolute Gasteiger partial charge is 0.161 e. The van der Waals surface area contributed by atoms with Crippen LogP contribution in [0.15, 0.2) is 18.2 Å². The van der Waals surface area contributed by atoms with Gasteiger partial charge in [-0.2, -0.15) is 0 Å². The highest BCUT2D eigenvalue weighted by atomic mass is 16.6. The molecule has 0 amide bonds. The van der Waals surface area contributed by atoms with Gasteiger partial charge in [-0.25, -0.2) is 0 Å². The van der Waals surface area contributed by atoms with Gasteiger partial charge in [0.2, 0.25) is 0 Å². The van der Waals surface area contributed by atoms with Crippen LogP contribution in [0.3, 0.4) is 0 Å². The Morgan fingerprint density at radius 3 is 2.70 bits per heavy atom. The molecule has 0 aromatic heterocycles. The average Bonchev–Trinajstić information content (AvgIpc) is 2.48. The van der Waals surface area contributed by atoms with Gasteiger partial charge in [0.05, 0.1) is 0 Å². The van der Waals surface area contributed by atoms with Gasteiger partial charge in [-0.3, -0.25) is 0 Å². The summed E-state index contributed by atoms with van der Waals surface area (Å²) in [5.74, 6) is 3.36. The fourth-order valence-electron chi connectivity index (χ4n) is 3.71. The maximum Gasteiger partial charge on any atom is 0.161 e. The number of hydrogen-bond donors (Lipinski definition) is 1. The molecule has 3 heteroatoms. The van der Waals surface area contributed by atoms with Crippen molar-refractivity contribution in [1.29, 1.82) is 0 Å². The fraction of sp³-hybridized carbons (Fsp3) is 0.647. The summed E-state index contributed by atoms with van der Waals surface area (Å²) < 4.78 is 11.3. The van der Waals surface area contributed by atoms with Crippen LogP contribution in [0.2, 0.25) is 0 Å². The van der Waals surface area contributed by atoms with Crippen LogP contribution < -0.4 is 14.8 Å². The van der Waals surface area contributed by atoms with Crippen LogP contribution in [0.1, 0.15) is 44.2 Å². The van der Waals surface area contributed by atoms with E-state index in [2.05, 4.69) is 37.5 Å². The second kappa shape index (κ2) is 6.04. The van der Waals surface area contributed by atoms with E-state index in [0.717, 1.165) is 23.3 Å². The summed E-state index contributed by atoms with van der Waals surface area (Å²) in [5, 5.41) is 3.52. The second-order valence-electron chi connectivity index (χ2n) is 6.20. The maximum absolute atomic E-state index is 5.71. The molecule has 3 rings (SSSR count). The summed E-state index contributed by atoms with van der Waals surface area (Å²) in [6.45, 7) is 3.69. The first-order chi connectivity index (χ1) is 9.78. The number of rotatable bonds is 3. The Bertz CT molecular complexity index is 460. The molecule has 0 saturated heterocycles. The minimum absolute atomic E-state index is 0.425. The van der Waals surface area contributed by atoms with Gasteiger partial charge in [0.15, 0.2) is 11.5 Å². The lowest BCUT2D eigenvalue weighted by Gasteiger charge is -2.34. The van der Waals surface area contributed by atoms with Gasteiger partial charge >= 0.3 is 0 Å². The Morgan fingerprint density at radius 2 is 1.95 bits per heavy atom. The lowest BCUT2D eigenvalue weighted by Crippen LogP contribution is -2.29. The van der Waals surface area contributed by atoms with E-state index in [-0.39, 0.29) is 0 Å². The first-order valence-electron chi connectivity index (χ1n) is 7.84. The summed E-state index contributed by atoms with van der Waals surface area (Å²) in [7, 11) is 2.07. The van der Waals surface area contributed by atoms with Crippen molar-refractivity contribution in [3.05, 3.63) is 23.8 Å². The molecule has 1 aromatic rings. The van der Waals surface area contributed by atoms with Crippen molar-refractivity contribution in [3.8, 4) is 11.5 Å². The molecule has 1 saturated carbocycles. The van der Waals surface area contributed by atoms with E-state index in [1.54, 1.807) is 0 Å². The molecule has 3 nitrogen and oxygen atoms in total. The molecule has 0 spiro atoms. The highest BCUT2D eigenvalue weighted by molar-refractivity contribution is 5.44. The van der Waals surface area contributed by atoms with Crippen LogP contribution in [0.4, 0.5) is 0 Å². The van der Waals surface area contributed by atoms with E-state index in [0.29, 0.717) is 19.3 Å². The quantitative estimate of drug-likeness (QED) is 0.915. The van der Waals surface area contributed by atoms with E-state index in [9.17, 15) is 0 Å². The van der Waals surface area contributed by atoms with Gasteiger partial charge < -0.3 is 14.8 Å². The van der Waals surface area contributed by atoms with Crippen molar-refractivity contribution >= 4 is 0 Å². The van der Waals surface area contributed by atoms with E-state index in [4.69, 9.17) is 9.47 Å². The van der Waals surface area contributed by atoms with Crippen molar-refractivity contribution in [2.24, 2.45) is 11.8 Å². The standard InChI is InChI=1S/C17H25NO2/c1-12-4-3-5-13(10-12)17(18-2)14-6-7-15-16(11-14)20-9-8-19-15/h6-7,11-13,17-18H,3-5,8-10H2,1-2H3. The van der Waals surface area contributed by atoms with Crippen molar-refractivity contribution in [3.63, 3.8) is 0 Å². The molecule has 110 valence electrons. The monoisotopic (exact) mass is 275 g/mol. The zero-order valence-corrected chi connectivity index (χ0v) is 12.5. The van der Waals surface area contributed by atoms with Crippen LogP contribution in [-0.2, 0) is 0 Å². The Kier molecular flexibility index (Phi) is 4.16. The normalized spacial score (nSPS) is 27.1. The molecule has 1 heterocycles. The molecule has 0 radical (unpaired) electrons. The zero-order valence-electron chi connectivity index (χ0n) is 12.5. The van der Waals surface area contributed by atoms with Gasteiger partial charge in [0.25, 0.3) is 0 Å². The predicted octanol–water partition coefficient (Wildman–Crippen LogP) is 3.54. The molecule has 1 aromatic carbocycles. The Labute approximate surface area is 121 Å². The van der Waals surface area contributed by atoms with Gasteiger partial charge in [0.1, 0.15) is 13.2 Å². The number of benzene rings is 1. The van der Waals surface area contributed by atoms with Crippen LogP contribution in [0, 0.1) is 11.8 Å². The Hall–Kier alpha value is -1.22. The van der Waals surface area contributed by atoms with Gasteiger partial charge in [0, 0.05) is 6.04 Å². The van der Waals surface area contributed by atoms with Crippen LogP contribution >= 0.6 is 0 Å². The summed E-state index contributed by atoms with van der Waals surface area (Å²) in [6, 6.07) is 6.83. The summed E-state index contributed by atoms with van der Waals surface area (Å²) in [4.78, 5) is 0. The first-order valence-corrected chi connectivity index (χ1v) is 7.84. The summed E-state index contributed by atoms with van der Waals surface area (Å²) >= 11 is 0. The van der Waals surface area contributed by atoms with Crippen LogP contribution in [0.25, 0.3) is 0 Å². The fourth-order valence-corrected chi connectivity index (χ4v) is 3.71.